The van der Waals surface area contributed by atoms with E-state index < -0.39 is 0 Å². The number of nitrogen functional groups attached to an aromatic ring is 1. The summed E-state index contributed by atoms with van der Waals surface area (Å²) in [6.45, 7) is 0.971. The van der Waals surface area contributed by atoms with Gasteiger partial charge < -0.3 is 15.2 Å². The Labute approximate surface area is 110 Å². The molecule has 5 heteroatoms. The van der Waals surface area contributed by atoms with Crippen LogP contribution in [-0.2, 0) is 6.54 Å². The zero-order valence-corrected chi connectivity index (χ0v) is 10.7. The van der Waals surface area contributed by atoms with Crippen LogP contribution in [0.2, 0.25) is 0 Å². The summed E-state index contributed by atoms with van der Waals surface area (Å²) in [5, 5.41) is 0. The van der Waals surface area contributed by atoms with Gasteiger partial charge in [-0.05, 0) is 18.2 Å². The van der Waals surface area contributed by atoms with E-state index in [2.05, 4.69) is 0 Å². The van der Waals surface area contributed by atoms with Crippen LogP contribution in [0.5, 0.6) is 0 Å². The number of halogens is 1. The lowest BCUT2D eigenvalue weighted by molar-refractivity contribution is 0.610. The molecule has 0 aliphatic rings. The molecule has 2 N–H and O–H groups in total. The number of aromatic nitrogens is 1. The summed E-state index contributed by atoms with van der Waals surface area (Å²) >= 11 is 0. The smallest absolute Gasteiger partial charge is 0.250 e. The molecule has 0 saturated heterocycles. The number of para-hydroxylation sites is 1. The molecule has 1 aromatic carbocycles. The van der Waals surface area contributed by atoms with Gasteiger partial charge in [0.05, 0.1) is 5.69 Å². The Balaban J connectivity index is 2.09. The summed E-state index contributed by atoms with van der Waals surface area (Å²) in [6.07, 6.45) is 1.59. The number of rotatable bonds is 4. The minimum Gasteiger partial charge on any atom is -0.398 e. The molecule has 0 radical (unpaired) electrons. The van der Waals surface area contributed by atoms with Crippen LogP contribution in [0.1, 0.15) is 0 Å². The van der Waals surface area contributed by atoms with Crippen molar-refractivity contribution in [1.29, 1.82) is 0 Å². The van der Waals surface area contributed by atoms with E-state index in [1.54, 1.807) is 42.4 Å². The van der Waals surface area contributed by atoms with Crippen molar-refractivity contribution in [2.45, 2.75) is 6.54 Å². The van der Waals surface area contributed by atoms with Crippen molar-refractivity contribution in [3.05, 3.63) is 58.8 Å². The van der Waals surface area contributed by atoms with E-state index in [4.69, 9.17) is 5.73 Å². The van der Waals surface area contributed by atoms with Crippen molar-refractivity contribution < 1.29 is 4.39 Å². The van der Waals surface area contributed by atoms with Crippen LogP contribution >= 0.6 is 0 Å². The number of nitrogens with two attached hydrogens (primary N) is 1. The predicted molar refractivity (Wildman–Crippen MR) is 74.8 cm³/mol. The van der Waals surface area contributed by atoms with Crippen molar-refractivity contribution in [3.8, 4) is 0 Å². The second-order valence-electron chi connectivity index (χ2n) is 4.37. The lowest BCUT2D eigenvalue weighted by Gasteiger charge is -2.20. The third-order valence-corrected chi connectivity index (χ3v) is 2.95. The molecular formula is C14H16FN3O. The number of anilines is 2. The first-order valence-corrected chi connectivity index (χ1v) is 5.99. The topological polar surface area (TPSA) is 51.3 Å². The minimum atomic E-state index is -0.273. The Morgan fingerprint density at radius 3 is 2.74 bits per heavy atom. The zero-order chi connectivity index (χ0) is 13.8. The number of benzene rings is 1. The maximum absolute atomic E-state index is 13.6. The summed E-state index contributed by atoms with van der Waals surface area (Å²) in [6, 6.07) is 9.55. The molecule has 100 valence electrons. The van der Waals surface area contributed by atoms with Crippen molar-refractivity contribution in [3.63, 3.8) is 0 Å². The maximum atomic E-state index is 13.6. The van der Waals surface area contributed by atoms with Gasteiger partial charge in [0, 0.05) is 38.1 Å². The van der Waals surface area contributed by atoms with Crippen molar-refractivity contribution in [2.75, 3.05) is 24.2 Å². The Bertz CT molecular complexity index is 624. The second kappa shape index (κ2) is 5.56. The molecule has 4 nitrogen and oxygen atoms in total. The van der Waals surface area contributed by atoms with E-state index in [0.717, 1.165) is 0 Å². The lowest BCUT2D eigenvalue weighted by atomic mass is 10.3. The molecule has 2 aromatic rings. The molecule has 0 aliphatic carbocycles. The lowest BCUT2D eigenvalue weighted by Crippen LogP contribution is -2.28. The van der Waals surface area contributed by atoms with Gasteiger partial charge in [0.2, 0.25) is 0 Å². The summed E-state index contributed by atoms with van der Waals surface area (Å²) in [5.74, 6) is -0.273. The standard InChI is InChI=1S/C14H16FN3O/c1-17(13-5-3-2-4-12(13)15)8-9-18-10-11(16)6-7-14(18)19/h2-7,10H,8-9,16H2,1H3. The van der Waals surface area contributed by atoms with Gasteiger partial charge in [0.25, 0.3) is 5.56 Å². The van der Waals surface area contributed by atoms with Gasteiger partial charge in [-0.15, -0.1) is 0 Å². The van der Waals surface area contributed by atoms with Gasteiger partial charge in [-0.25, -0.2) is 4.39 Å². The minimum absolute atomic E-state index is 0.115. The highest BCUT2D eigenvalue weighted by Crippen LogP contribution is 2.16. The first-order valence-electron chi connectivity index (χ1n) is 5.99. The Kier molecular flexibility index (Phi) is 3.85. The van der Waals surface area contributed by atoms with Crippen LogP contribution in [0, 0.1) is 5.82 Å². The second-order valence-corrected chi connectivity index (χ2v) is 4.37. The number of nitrogens with zero attached hydrogens (tertiary/aromatic N) is 2. The number of hydrogen-bond donors (Lipinski definition) is 1. The fourth-order valence-electron chi connectivity index (χ4n) is 1.86. The van der Waals surface area contributed by atoms with Crippen molar-refractivity contribution in [2.24, 2.45) is 0 Å². The third kappa shape index (κ3) is 3.13. The van der Waals surface area contributed by atoms with Crippen LogP contribution in [0.4, 0.5) is 15.8 Å². The largest absolute Gasteiger partial charge is 0.398 e. The molecule has 0 unspecified atom stereocenters. The highest BCUT2D eigenvalue weighted by molar-refractivity contribution is 5.46. The van der Waals surface area contributed by atoms with Gasteiger partial charge in [-0.1, -0.05) is 12.1 Å². The molecule has 0 atom stereocenters. The number of hydrogen-bond acceptors (Lipinski definition) is 3. The van der Waals surface area contributed by atoms with Gasteiger partial charge in [0.1, 0.15) is 5.82 Å². The van der Waals surface area contributed by atoms with Crippen LogP contribution in [0.15, 0.2) is 47.4 Å². The molecule has 2 rings (SSSR count). The van der Waals surface area contributed by atoms with Gasteiger partial charge in [0.15, 0.2) is 0 Å². The average molecular weight is 261 g/mol. The predicted octanol–water partition coefficient (Wildman–Crippen LogP) is 1.71. The summed E-state index contributed by atoms with van der Waals surface area (Å²) in [5.41, 5.74) is 6.57. The fourth-order valence-corrected chi connectivity index (χ4v) is 1.86. The Morgan fingerprint density at radius 1 is 1.26 bits per heavy atom. The summed E-state index contributed by atoms with van der Waals surface area (Å²) in [4.78, 5) is 13.4. The summed E-state index contributed by atoms with van der Waals surface area (Å²) in [7, 11) is 1.79. The fraction of sp³-hybridized carbons (Fsp3) is 0.214. The zero-order valence-electron chi connectivity index (χ0n) is 10.7. The Hall–Kier alpha value is -2.30. The van der Waals surface area contributed by atoms with Crippen LogP contribution < -0.4 is 16.2 Å². The Morgan fingerprint density at radius 2 is 2.00 bits per heavy atom. The van der Waals surface area contributed by atoms with Gasteiger partial charge in [-0.2, -0.15) is 0 Å². The number of likely N-dealkylation sites (N-methyl/N-ethyl adjacent to an activating group) is 1. The van der Waals surface area contributed by atoms with Gasteiger partial charge >= 0.3 is 0 Å². The molecule has 0 amide bonds. The normalized spacial score (nSPS) is 10.4. The molecule has 0 fully saturated rings. The van der Waals surface area contributed by atoms with Crippen LogP contribution in [0.3, 0.4) is 0 Å². The molecule has 1 heterocycles. The molecule has 0 aliphatic heterocycles. The van der Waals surface area contributed by atoms with Crippen molar-refractivity contribution in [1.82, 2.24) is 4.57 Å². The molecule has 0 spiro atoms. The SMILES string of the molecule is CN(CCn1cc(N)ccc1=O)c1ccccc1F. The summed E-state index contributed by atoms with van der Waals surface area (Å²) < 4.78 is 15.1. The maximum Gasteiger partial charge on any atom is 0.250 e. The molecular weight excluding hydrogens is 245 g/mol. The van der Waals surface area contributed by atoms with Crippen LogP contribution in [-0.4, -0.2) is 18.2 Å². The highest BCUT2D eigenvalue weighted by atomic mass is 19.1. The third-order valence-electron chi connectivity index (χ3n) is 2.95. The highest BCUT2D eigenvalue weighted by Gasteiger charge is 2.06. The van der Waals surface area contributed by atoms with E-state index >= 15 is 0 Å². The van der Waals surface area contributed by atoms with Gasteiger partial charge in [-0.3, -0.25) is 4.79 Å². The van der Waals surface area contributed by atoms with E-state index in [9.17, 15) is 9.18 Å². The van der Waals surface area contributed by atoms with E-state index in [1.807, 2.05) is 0 Å². The quantitative estimate of drug-likeness (QED) is 0.911. The van der Waals surface area contributed by atoms with E-state index in [-0.39, 0.29) is 11.4 Å². The molecule has 0 bridgehead atoms. The monoisotopic (exact) mass is 261 g/mol. The van der Waals surface area contributed by atoms with E-state index in [0.29, 0.717) is 24.5 Å². The first-order chi connectivity index (χ1) is 9.08. The number of pyridine rings is 1. The van der Waals surface area contributed by atoms with Crippen LogP contribution in [0.25, 0.3) is 0 Å². The molecule has 0 saturated carbocycles. The molecule has 19 heavy (non-hydrogen) atoms. The van der Waals surface area contributed by atoms with E-state index in [1.165, 1.54) is 16.7 Å². The average Bonchev–Trinajstić information content (AvgIpc) is 2.40. The molecule has 1 aromatic heterocycles. The van der Waals surface area contributed by atoms with Crippen molar-refractivity contribution >= 4 is 11.4 Å². The first kappa shape index (κ1) is 13.1.